The van der Waals surface area contributed by atoms with E-state index in [1.807, 2.05) is 0 Å². The lowest BCUT2D eigenvalue weighted by Gasteiger charge is -2.04. The first-order valence-electron chi connectivity index (χ1n) is 12.9. The van der Waals surface area contributed by atoms with Crippen molar-refractivity contribution in [3.8, 4) is 0 Å². The molecule has 0 saturated heterocycles. The Morgan fingerprint density at radius 1 is 0.607 bits per heavy atom. The summed E-state index contributed by atoms with van der Waals surface area (Å²) in [5.41, 5.74) is 0. The Morgan fingerprint density at radius 2 is 1.04 bits per heavy atom. The van der Waals surface area contributed by atoms with Crippen molar-refractivity contribution < 1.29 is 4.57 Å². The zero-order chi connectivity index (χ0) is 20.3. The summed E-state index contributed by atoms with van der Waals surface area (Å²) in [6.45, 7) is 9.10. The van der Waals surface area contributed by atoms with Gasteiger partial charge in [0.25, 0.3) is 5.82 Å². The quantitative estimate of drug-likeness (QED) is 0.157. The van der Waals surface area contributed by atoms with E-state index >= 15 is 0 Å². The molecule has 1 aromatic rings. The standard InChI is InChI=1S/C26H51N2/c1-4-7-8-9-10-11-12-13-14-15-16-17-18-19-20-21-22-23-28-25-24-27(6-3)26(28)5-2/h24-25H,4-23H2,1-3H3/q+1. The van der Waals surface area contributed by atoms with Crippen LogP contribution in [0.15, 0.2) is 12.4 Å². The van der Waals surface area contributed by atoms with Crippen LogP contribution < -0.4 is 4.57 Å². The van der Waals surface area contributed by atoms with E-state index in [4.69, 9.17) is 0 Å². The van der Waals surface area contributed by atoms with Crippen LogP contribution in [0.4, 0.5) is 0 Å². The largest absolute Gasteiger partial charge is 0.256 e. The maximum Gasteiger partial charge on any atom is 0.256 e. The smallest absolute Gasteiger partial charge is 0.235 e. The molecule has 0 spiro atoms. The number of unbranched alkanes of at least 4 members (excludes halogenated alkanes) is 16. The van der Waals surface area contributed by atoms with E-state index in [1.165, 1.54) is 122 Å². The molecule has 1 heterocycles. The number of hydrogen-bond donors (Lipinski definition) is 0. The Kier molecular flexibility index (Phi) is 16.5. The van der Waals surface area contributed by atoms with E-state index in [2.05, 4.69) is 42.3 Å². The van der Waals surface area contributed by atoms with Gasteiger partial charge in [0.1, 0.15) is 12.4 Å². The molecule has 0 aliphatic carbocycles. The molecule has 0 radical (unpaired) electrons. The van der Waals surface area contributed by atoms with E-state index in [-0.39, 0.29) is 0 Å². The first-order chi connectivity index (χ1) is 13.8. The molecule has 28 heavy (non-hydrogen) atoms. The van der Waals surface area contributed by atoms with Crippen molar-refractivity contribution >= 4 is 0 Å². The highest BCUT2D eigenvalue weighted by Crippen LogP contribution is 2.14. The molecule has 0 fully saturated rings. The maximum atomic E-state index is 2.47. The second-order valence-electron chi connectivity index (χ2n) is 8.70. The molecule has 0 aliphatic heterocycles. The van der Waals surface area contributed by atoms with Crippen molar-refractivity contribution in [1.29, 1.82) is 0 Å². The SMILES string of the molecule is CCCCCCCCCCCCCCCCCCC[n+]1ccn(CC)c1CC. The minimum absolute atomic E-state index is 1.09. The average Bonchev–Trinajstić information content (AvgIpc) is 3.12. The third-order valence-electron chi connectivity index (χ3n) is 6.25. The lowest BCUT2D eigenvalue weighted by molar-refractivity contribution is -0.704. The van der Waals surface area contributed by atoms with Gasteiger partial charge in [-0.2, -0.15) is 0 Å². The van der Waals surface area contributed by atoms with E-state index in [1.54, 1.807) is 0 Å². The van der Waals surface area contributed by atoms with E-state index < -0.39 is 0 Å². The first-order valence-corrected chi connectivity index (χ1v) is 12.9. The van der Waals surface area contributed by atoms with E-state index in [0.717, 1.165) is 13.0 Å². The molecule has 0 aromatic carbocycles. The Labute approximate surface area is 177 Å². The fraction of sp³-hybridized carbons (Fsp3) is 0.885. The highest BCUT2D eigenvalue weighted by atomic mass is 15.1. The number of imidazole rings is 1. The topological polar surface area (TPSA) is 8.81 Å². The summed E-state index contributed by atoms with van der Waals surface area (Å²) in [4.78, 5) is 0. The van der Waals surface area contributed by atoms with Crippen molar-refractivity contribution in [1.82, 2.24) is 4.57 Å². The van der Waals surface area contributed by atoms with Crippen molar-refractivity contribution in [2.45, 2.75) is 149 Å². The van der Waals surface area contributed by atoms with Gasteiger partial charge < -0.3 is 0 Å². The van der Waals surface area contributed by atoms with Gasteiger partial charge in [0, 0.05) is 6.42 Å². The molecule has 2 nitrogen and oxygen atoms in total. The molecule has 2 heteroatoms. The van der Waals surface area contributed by atoms with Crippen LogP contribution >= 0.6 is 0 Å². The Balaban J connectivity index is 1.82. The fourth-order valence-corrected chi connectivity index (χ4v) is 4.40. The zero-order valence-electron chi connectivity index (χ0n) is 19.7. The minimum Gasteiger partial charge on any atom is -0.235 e. The lowest BCUT2D eigenvalue weighted by Crippen LogP contribution is -2.37. The Bertz CT molecular complexity index is 449. The highest BCUT2D eigenvalue weighted by molar-refractivity contribution is 4.82. The van der Waals surface area contributed by atoms with Crippen molar-refractivity contribution in [3.05, 3.63) is 18.2 Å². The van der Waals surface area contributed by atoms with E-state index in [0.29, 0.717) is 0 Å². The molecule has 1 aromatic heterocycles. The number of aromatic nitrogens is 2. The van der Waals surface area contributed by atoms with Gasteiger partial charge in [0.2, 0.25) is 0 Å². The monoisotopic (exact) mass is 391 g/mol. The summed E-state index contributed by atoms with van der Waals surface area (Å²) < 4.78 is 4.85. The van der Waals surface area contributed by atoms with Crippen LogP contribution in [0.1, 0.15) is 136 Å². The summed E-state index contributed by atoms with van der Waals surface area (Å²) in [7, 11) is 0. The van der Waals surface area contributed by atoms with E-state index in [9.17, 15) is 0 Å². The van der Waals surface area contributed by atoms with Crippen LogP contribution in [-0.2, 0) is 19.5 Å². The van der Waals surface area contributed by atoms with Crippen LogP contribution in [0.5, 0.6) is 0 Å². The predicted molar refractivity (Wildman–Crippen MR) is 124 cm³/mol. The van der Waals surface area contributed by atoms with Crippen LogP contribution in [-0.4, -0.2) is 4.57 Å². The van der Waals surface area contributed by atoms with Gasteiger partial charge in [-0.15, -0.1) is 0 Å². The second-order valence-corrected chi connectivity index (χ2v) is 8.70. The van der Waals surface area contributed by atoms with Gasteiger partial charge in [-0.25, -0.2) is 9.13 Å². The van der Waals surface area contributed by atoms with Gasteiger partial charge in [-0.1, -0.05) is 110 Å². The van der Waals surface area contributed by atoms with Gasteiger partial charge in [0.05, 0.1) is 13.1 Å². The van der Waals surface area contributed by atoms with Crippen molar-refractivity contribution in [3.63, 3.8) is 0 Å². The van der Waals surface area contributed by atoms with Gasteiger partial charge in [-0.05, 0) is 19.8 Å². The third-order valence-corrected chi connectivity index (χ3v) is 6.25. The zero-order valence-corrected chi connectivity index (χ0v) is 19.7. The highest BCUT2D eigenvalue weighted by Gasteiger charge is 2.12. The molecule has 0 aliphatic rings. The molecule has 0 atom stereocenters. The minimum atomic E-state index is 1.09. The molecule has 1 rings (SSSR count). The molecule has 0 saturated carbocycles. The molecule has 0 bridgehead atoms. The average molecular weight is 392 g/mol. The van der Waals surface area contributed by atoms with Gasteiger partial charge >= 0.3 is 0 Å². The van der Waals surface area contributed by atoms with Crippen LogP contribution in [0.3, 0.4) is 0 Å². The molecule has 0 unspecified atom stereocenters. The molecular weight excluding hydrogens is 340 g/mol. The number of rotatable bonds is 20. The summed E-state index contributed by atoms with van der Waals surface area (Å²) in [5.74, 6) is 1.49. The molecule has 0 amide bonds. The first kappa shape index (κ1) is 25.2. The fourth-order valence-electron chi connectivity index (χ4n) is 4.40. The summed E-state index contributed by atoms with van der Waals surface area (Å²) in [6.07, 6.45) is 30.2. The predicted octanol–water partition coefficient (Wildman–Crippen LogP) is 8.01. The number of aryl methyl sites for hydroxylation is 2. The third kappa shape index (κ3) is 11.9. The van der Waals surface area contributed by atoms with Crippen LogP contribution in [0.25, 0.3) is 0 Å². The summed E-state index contributed by atoms with van der Waals surface area (Å²) >= 11 is 0. The lowest BCUT2D eigenvalue weighted by atomic mass is 10.0. The van der Waals surface area contributed by atoms with Crippen molar-refractivity contribution in [2.24, 2.45) is 0 Å². The normalized spacial score (nSPS) is 11.4. The number of nitrogens with zero attached hydrogens (tertiary/aromatic N) is 2. The van der Waals surface area contributed by atoms with Crippen molar-refractivity contribution in [2.75, 3.05) is 0 Å². The van der Waals surface area contributed by atoms with Gasteiger partial charge in [0.15, 0.2) is 0 Å². The molecular formula is C26H51N2+. The Hall–Kier alpha value is -0.790. The molecule has 164 valence electrons. The second kappa shape index (κ2) is 18.3. The number of hydrogen-bond acceptors (Lipinski definition) is 0. The Morgan fingerprint density at radius 3 is 1.43 bits per heavy atom. The maximum absolute atomic E-state index is 2.47. The van der Waals surface area contributed by atoms with Crippen LogP contribution in [0.2, 0.25) is 0 Å². The van der Waals surface area contributed by atoms with Gasteiger partial charge in [-0.3, -0.25) is 0 Å². The van der Waals surface area contributed by atoms with Crippen LogP contribution in [0, 0.1) is 0 Å². The summed E-state index contributed by atoms with van der Waals surface area (Å²) in [5, 5.41) is 0. The molecule has 0 N–H and O–H groups in total. The summed E-state index contributed by atoms with van der Waals surface area (Å²) in [6, 6.07) is 0.